The molecule has 7 nitrogen and oxygen atoms in total. The Bertz CT molecular complexity index is 649. The molecule has 1 rings (SSSR count). The highest BCUT2D eigenvalue weighted by molar-refractivity contribution is 5.94. The van der Waals surface area contributed by atoms with Gasteiger partial charge in [0.05, 0.1) is 13.0 Å². The van der Waals surface area contributed by atoms with E-state index < -0.39 is 42.6 Å². The molecule has 1 aromatic carbocycles. The highest BCUT2D eigenvalue weighted by atomic mass is 19.2. The summed E-state index contributed by atoms with van der Waals surface area (Å²) in [5.41, 5.74) is 0.0313. The van der Waals surface area contributed by atoms with Crippen LogP contribution in [0, 0.1) is 11.6 Å². The molecule has 0 aliphatic carbocycles. The Kier molecular flexibility index (Phi) is 7.47. The van der Waals surface area contributed by atoms with Crippen LogP contribution in [0.5, 0.6) is 0 Å². The number of halogens is 2. The second-order valence-corrected chi connectivity index (χ2v) is 4.82. The van der Waals surface area contributed by atoms with Crippen molar-refractivity contribution < 1.29 is 32.7 Å². The van der Waals surface area contributed by atoms with E-state index in [0.717, 1.165) is 18.2 Å². The number of carbonyl (C=O) groups is 4. The molecular formula is C15H16F2N2O5. The lowest BCUT2D eigenvalue weighted by Gasteiger charge is -2.08. The third-order valence-electron chi connectivity index (χ3n) is 2.69. The van der Waals surface area contributed by atoms with Crippen LogP contribution in [0.15, 0.2) is 18.2 Å². The van der Waals surface area contributed by atoms with Crippen molar-refractivity contribution in [3.8, 4) is 0 Å². The number of ketones is 1. The molecule has 0 unspecified atom stereocenters. The topological polar surface area (TPSA) is 102 Å². The lowest BCUT2D eigenvalue weighted by atomic mass is 10.2. The Morgan fingerprint density at radius 2 is 1.75 bits per heavy atom. The van der Waals surface area contributed by atoms with Crippen LogP contribution in [0.1, 0.15) is 19.8 Å². The van der Waals surface area contributed by atoms with Crippen LogP contribution in [-0.4, -0.2) is 36.7 Å². The maximum Gasteiger partial charge on any atom is 0.306 e. The number of Topliss-reactive ketones (excluding diaryl/α,β-unsaturated/α-hetero) is 1. The monoisotopic (exact) mass is 342 g/mol. The smallest absolute Gasteiger partial charge is 0.306 e. The van der Waals surface area contributed by atoms with E-state index >= 15 is 0 Å². The largest absolute Gasteiger partial charge is 0.456 e. The molecule has 0 saturated heterocycles. The molecule has 9 heteroatoms. The maximum atomic E-state index is 13.0. The zero-order valence-electron chi connectivity index (χ0n) is 12.9. The molecule has 130 valence electrons. The molecule has 0 aliphatic heterocycles. The fourth-order valence-corrected chi connectivity index (χ4v) is 1.51. The highest BCUT2D eigenvalue weighted by Crippen LogP contribution is 2.12. The first-order valence-electron chi connectivity index (χ1n) is 6.94. The molecule has 24 heavy (non-hydrogen) atoms. The van der Waals surface area contributed by atoms with Gasteiger partial charge in [-0.2, -0.15) is 0 Å². The lowest BCUT2D eigenvalue weighted by molar-refractivity contribution is -0.149. The second-order valence-electron chi connectivity index (χ2n) is 4.82. The predicted molar refractivity (Wildman–Crippen MR) is 78.9 cm³/mol. The van der Waals surface area contributed by atoms with Gasteiger partial charge in [-0.3, -0.25) is 14.4 Å². The van der Waals surface area contributed by atoms with Crippen molar-refractivity contribution >= 4 is 29.3 Å². The first kappa shape index (κ1) is 19.2. The standard InChI is InChI=1S/C15H16F2N2O5/c1-9(20)2-5-15(23)24-8-14(22)18-7-13(21)19-10-3-4-11(16)12(17)6-10/h3-4,6H,2,5,7-8H2,1H3,(H,18,22)(H,19,21). The molecule has 0 spiro atoms. The van der Waals surface area contributed by atoms with Gasteiger partial charge in [0.15, 0.2) is 18.2 Å². The summed E-state index contributed by atoms with van der Waals surface area (Å²) in [6.07, 6.45) is -0.101. The number of benzene rings is 1. The number of hydrogen-bond acceptors (Lipinski definition) is 5. The predicted octanol–water partition coefficient (Wildman–Crippen LogP) is 0.932. The molecule has 2 amide bonds. The van der Waals surface area contributed by atoms with E-state index in [9.17, 15) is 28.0 Å². The van der Waals surface area contributed by atoms with E-state index in [0.29, 0.717) is 0 Å². The lowest BCUT2D eigenvalue weighted by Crippen LogP contribution is -2.35. The molecule has 0 heterocycles. The quantitative estimate of drug-likeness (QED) is 0.685. The van der Waals surface area contributed by atoms with Crippen LogP contribution in [0.25, 0.3) is 0 Å². The molecule has 0 aromatic heterocycles. The van der Waals surface area contributed by atoms with Gasteiger partial charge in [0.1, 0.15) is 5.78 Å². The fraction of sp³-hybridized carbons (Fsp3) is 0.333. The van der Waals surface area contributed by atoms with E-state index in [1.54, 1.807) is 0 Å². The zero-order valence-corrected chi connectivity index (χ0v) is 12.9. The maximum absolute atomic E-state index is 13.0. The normalized spacial score (nSPS) is 9.96. The molecule has 1 aromatic rings. The van der Waals surface area contributed by atoms with Crippen LogP contribution < -0.4 is 10.6 Å². The highest BCUT2D eigenvalue weighted by Gasteiger charge is 2.11. The first-order chi connectivity index (χ1) is 11.3. The molecule has 0 fully saturated rings. The third-order valence-corrected chi connectivity index (χ3v) is 2.69. The number of amides is 2. The van der Waals surface area contributed by atoms with Gasteiger partial charge < -0.3 is 20.2 Å². The summed E-state index contributed by atoms with van der Waals surface area (Å²) in [6, 6.07) is 2.81. The minimum Gasteiger partial charge on any atom is -0.456 e. The van der Waals surface area contributed by atoms with Gasteiger partial charge in [0, 0.05) is 18.2 Å². The Labute approximate surface area is 136 Å². The van der Waals surface area contributed by atoms with Crippen molar-refractivity contribution in [2.45, 2.75) is 19.8 Å². The molecule has 0 saturated carbocycles. The second kappa shape index (κ2) is 9.33. The first-order valence-corrected chi connectivity index (χ1v) is 6.94. The summed E-state index contributed by atoms with van der Waals surface area (Å²) in [7, 11) is 0. The SMILES string of the molecule is CC(=O)CCC(=O)OCC(=O)NCC(=O)Nc1ccc(F)c(F)c1. The number of ether oxygens (including phenoxy) is 1. The van der Waals surface area contributed by atoms with Gasteiger partial charge in [-0.25, -0.2) is 8.78 Å². The van der Waals surface area contributed by atoms with Crippen molar-refractivity contribution in [1.82, 2.24) is 5.32 Å². The minimum atomic E-state index is -1.12. The Hall–Kier alpha value is -2.84. The Morgan fingerprint density at radius 3 is 2.38 bits per heavy atom. The van der Waals surface area contributed by atoms with Crippen molar-refractivity contribution in [1.29, 1.82) is 0 Å². The van der Waals surface area contributed by atoms with E-state index in [-0.39, 0.29) is 24.3 Å². The summed E-state index contributed by atoms with van der Waals surface area (Å²) in [4.78, 5) is 44.8. The minimum absolute atomic E-state index is 0.0249. The Morgan fingerprint density at radius 1 is 1.04 bits per heavy atom. The summed E-state index contributed by atoms with van der Waals surface area (Å²) < 4.78 is 30.3. The number of carbonyl (C=O) groups excluding carboxylic acids is 4. The van der Waals surface area contributed by atoms with Crippen molar-refractivity contribution in [3.05, 3.63) is 29.8 Å². The number of esters is 1. The van der Waals surface area contributed by atoms with Gasteiger partial charge in [0.2, 0.25) is 5.91 Å². The number of anilines is 1. The Balaban J connectivity index is 2.28. The molecule has 2 N–H and O–H groups in total. The van der Waals surface area contributed by atoms with Crippen molar-refractivity contribution in [2.24, 2.45) is 0 Å². The number of rotatable bonds is 8. The van der Waals surface area contributed by atoms with Gasteiger partial charge in [-0.05, 0) is 19.1 Å². The van der Waals surface area contributed by atoms with E-state index in [4.69, 9.17) is 0 Å². The molecular weight excluding hydrogens is 326 g/mol. The summed E-state index contributed by atoms with van der Waals surface area (Å²) in [5, 5.41) is 4.44. The molecule has 0 bridgehead atoms. The summed E-state index contributed by atoms with van der Waals surface area (Å²) >= 11 is 0. The summed E-state index contributed by atoms with van der Waals surface area (Å²) in [6.45, 7) is 0.295. The van der Waals surface area contributed by atoms with Crippen molar-refractivity contribution in [3.63, 3.8) is 0 Å². The van der Waals surface area contributed by atoms with E-state index in [1.165, 1.54) is 6.92 Å². The van der Waals surface area contributed by atoms with Gasteiger partial charge >= 0.3 is 5.97 Å². The van der Waals surface area contributed by atoms with Crippen LogP contribution in [-0.2, 0) is 23.9 Å². The molecule has 0 aliphatic rings. The summed E-state index contributed by atoms with van der Waals surface area (Å²) in [5.74, 6) is -4.43. The van der Waals surface area contributed by atoms with Crippen LogP contribution in [0.2, 0.25) is 0 Å². The van der Waals surface area contributed by atoms with E-state index in [2.05, 4.69) is 15.4 Å². The molecule has 0 radical (unpaired) electrons. The number of nitrogens with one attached hydrogen (secondary N) is 2. The van der Waals surface area contributed by atoms with Crippen LogP contribution >= 0.6 is 0 Å². The van der Waals surface area contributed by atoms with Crippen LogP contribution in [0.3, 0.4) is 0 Å². The number of hydrogen-bond donors (Lipinski definition) is 2. The zero-order chi connectivity index (χ0) is 18.1. The van der Waals surface area contributed by atoms with E-state index in [1.807, 2.05) is 0 Å². The molecule has 0 atom stereocenters. The average molecular weight is 342 g/mol. The van der Waals surface area contributed by atoms with Gasteiger partial charge in [-0.1, -0.05) is 0 Å². The fourth-order valence-electron chi connectivity index (χ4n) is 1.51. The van der Waals surface area contributed by atoms with Gasteiger partial charge in [0.25, 0.3) is 5.91 Å². The van der Waals surface area contributed by atoms with Gasteiger partial charge in [-0.15, -0.1) is 0 Å². The van der Waals surface area contributed by atoms with Crippen LogP contribution in [0.4, 0.5) is 14.5 Å². The third kappa shape index (κ3) is 7.43. The average Bonchev–Trinajstić information content (AvgIpc) is 2.52. The van der Waals surface area contributed by atoms with Crippen molar-refractivity contribution in [2.75, 3.05) is 18.5 Å².